The van der Waals surface area contributed by atoms with Crippen molar-refractivity contribution in [2.24, 2.45) is 0 Å². The topological polar surface area (TPSA) is 64.3 Å². The van der Waals surface area contributed by atoms with Gasteiger partial charge in [0.05, 0.1) is 11.6 Å². The van der Waals surface area contributed by atoms with E-state index in [1.54, 1.807) is 37.4 Å². The van der Waals surface area contributed by atoms with Gasteiger partial charge in [-0.1, -0.05) is 0 Å². The number of carbonyl (C=O) groups is 1. The molecule has 104 valence electrons. The number of hydrogen-bond acceptors (Lipinski definition) is 3. The van der Waals surface area contributed by atoms with Gasteiger partial charge in [0.15, 0.2) is 0 Å². The number of methoxy groups -OCH3 is 1. The predicted octanol–water partition coefficient (Wildman–Crippen LogP) is 3.60. The molecule has 0 bridgehead atoms. The van der Waals surface area contributed by atoms with Gasteiger partial charge >= 0.3 is 0 Å². The summed E-state index contributed by atoms with van der Waals surface area (Å²) in [7, 11) is 1.58. The molecular formula is C15H15BrN2O2. The van der Waals surface area contributed by atoms with E-state index in [0.717, 1.165) is 15.7 Å². The van der Waals surface area contributed by atoms with E-state index in [-0.39, 0.29) is 5.91 Å². The van der Waals surface area contributed by atoms with Gasteiger partial charge in [0.2, 0.25) is 0 Å². The lowest BCUT2D eigenvalue weighted by atomic mass is 10.1. The zero-order valence-corrected chi connectivity index (χ0v) is 12.8. The fraction of sp³-hybridized carbons (Fsp3) is 0.133. The molecule has 5 heteroatoms. The number of ether oxygens (including phenoxy) is 1. The first kappa shape index (κ1) is 14.4. The smallest absolute Gasteiger partial charge is 0.255 e. The van der Waals surface area contributed by atoms with E-state index in [4.69, 9.17) is 10.5 Å². The molecular weight excluding hydrogens is 320 g/mol. The van der Waals surface area contributed by atoms with Gasteiger partial charge in [0.1, 0.15) is 5.75 Å². The van der Waals surface area contributed by atoms with Crippen LogP contribution >= 0.6 is 15.9 Å². The Hall–Kier alpha value is -2.01. The highest BCUT2D eigenvalue weighted by Crippen LogP contribution is 2.26. The van der Waals surface area contributed by atoms with Crippen molar-refractivity contribution in [3.63, 3.8) is 0 Å². The van der Waals surface area contributed by atoms with Crippen LogP contribution in [-0.2, 0) is 0 Å². The second kappa shape index (κ2) is 5.96. The van der Waals surface area contributed by atoms with Gasteiger partial charge in [0.25, 0.3) is 5.91 Å². The van der Waals surface area contributed by atoms with Crippen LogP contribution in [0.2, 0.25) is 0 Å². The van der Waals surface area contributed by atoms with Crippen molar-refractivity contribution in [1.29, 1.82) is 0 Å². The first-order valence-corrected chi connectivity index (χ1v) is 6.81. The van der Waals surface area contributed by atoms with Crippen molar-refractivity contribution < 1.29 is 9.53 Å². The number of aryl methyl sites for hydroxylation is 1. The minimum absolute atomic E-state index is 0.179. The highest BCUT2D eigenvalue weighted by atomic mass is 79.9. The molecule has 0 spiro atoms. The summed E-state index contributed by atoms with van der Waals surface area (Å²) >= 11 is 3.36. The quantitative estimate of drug-likeness (QED) is 0.843. The molecule has 0 unspecified atom stereocenters. The third-order valence-electron chi connectivity index (χ3n) is 2.91. The molecule has 2 aromatic rings. The van der Waals surface area contributed by atoms with Gasteiger partial charge in [-0.3, -0.25) is 4.79 Å². The number of carbonyl (C=O) groups excluding carboxylic acids is 1. The Morgan fingerprint density at radius 1 is 1.25 bits per heavy atom. The molecule has 0 aliphatic carbocycles. The van der Waals surface area contributed by atoms with Gasteiger partial charge in [-0.2, -0.15) is 0 Å². The second-order valence-corrected chi connectivity index (χ2v) is 5.23. The molecule has 2 aromatic carbocycles. The van der Waals surface area contributed by atoms with Gasteiger partial charge in [-0.05, 0) is 64.8 Å². The van der Waals surface area contributed by atoms with Crippen LogP contribution in [0.15, 0.2) is 40.9 Å². The van der Waals surface area contributed by atoms with Crippen LogP contribution in [0.25, 0.3) is 0 Å². The molecule has 3 N–H and O–H groups in total. The maximum Gasteiger partial charge on any atom is 0.255 e. The van der Waals surface area contributed by atoms with Crippen molar-refractivity contribution >= 4 is 33.2 Å². The summed E-state index contributed by atoms with van der Waals surface area (Å²) in [4.78, 5) is 12.2. The summed E-state index contributed by atoms with van der Waals surface area (Å²) in [6, 6.07) is 10.6. The summed E-state index contributed by atoms with van der Waals surface area (Å²) in [5.41, 5.74) is 8.58. The van der Waals surface area contributed by atoms with Crippen LogP contribution in [-0.4, -0.2) is 13.0 Å². The fourth-order valence-electron chi connectivity index (χ4n) is 1.83. The summed E-state index contributed by atoms with van der Waals surface area (Å²) < 4.78 is 5.88. The van der Waals surface area contributed by atoms with Gasteiger partial charge in [-0.15, -0.1) is 0 Å². The van der Waals surface area contributed by atoms with Crippen molar-refractivity contribution in [2.45, 2.75) is 6.92 Å². The molecule has 20 heavy (non-hydrogen) atoms. The number of nitrogen functional groups attached to an aromatic ring is 1. The predicted molar refractivity (Wildman–Crippen MR) is 84.2 cm³/mol. The third kappa shape index (κ3) is 3.11. The number of nitrogens with two attached hydrogens (primary N) is 1. The minimum Gasteiger partial charge on any atom is -0.496 e. The van der Waals surface area contributed by atoms with Crippen LogP contribution in [0.5, 0.6) is 5.75 Å². The number of hydrogen-bond donors (Lipinski definition) is 2. The van der Waals surface area contributed by atoms with E-state index >= 15 is 0 Å². The largest absolute Gasteiger partial charge is 0.496 e. The average molecular weight is 335 g/mol. The van der Waals surface area contributed by atoms with Crippen LogP contribution in [0.4, 0.5) is 11.4 Å². The maximum absolute atomic E-state index is 12.2. The highest BCUT2D eigenvalue weighted by molar-refractivity contribution is 9.10. The molecule has 1 amide bonds. The van der Waals surface area contributed by atoms with Crippen molar-refractivity contribution in [1.82, 2.24) is 0 Å². The molecule has 2 rings (SSSR count). The first-order valence-electron chi connectivity index (χ1n) is 6.02. The first-order chi connectivity index (χ1) is 9.51. The Labute approximate surface area is 126 Å². The van der Waals surface area contributed by atoms with E-state index in [9.17, 15) is 4.79 Å². The Morgan fingerprint density at radius 3 is 2.60 bits per heavy atom. The minimum atomic E-state index is -0.179. The summed E-state index contributed by atoms with van der Waals surface area (Å²) in [5, 5.41) is 2.86. The number of anilines is 2. The number of benzene rings is 2. The SMILES string of the molecule is COc1ccc(C(=O)Nc2ccc(N)cc2C)cc1Br. The normalized spacial score (nSPS) is 10.2. The van der Waals surface area contributed by atoms with E-state index in [1.807, 2.05) is 13.0 Å². The van der Waals surface area contributed by atoms with Crippen LogP contribution < -0.4 is 15.8 Å². The maximum atomic E-state index is 12.2. The highest BCUT2D eigenvalue weighted by Gasteiger charge is 2.10. The molecule has 0 aliphatic rings. The molecule has 4 nitrogen and oxygen atoms in total. The molecule has 0 saturated heterocycles. The van der Waals surface area contributed by atoms with Crippen molar-refractivity contribution in [3.8, 4) is 5.75 Å². The Balaban J connectivity index is 2.21. The number of halogens is 1. The van der Waals surface area contributed by atoms with Crippen LogP contribution in [0, 0.1) is 6.92 Å². The Bertz CT molecular complexity index is 656. The lowest BCUT2D eigenvalue weighted by Crippen LogP contribution is -2.13. The van der Waals surface area contributed by atoms with E-state index in [2.05, 4.69) is 21.2 Å². The Morgan fingerprint density at radius 2 is 2.00 bits per heavy atom. The van der Waals surface area contributed by atoms with E-state index < -0.39 is 0 Å². The molecule has 0 aromatic heterocycles. The molecule has 0 aliphatic heterocycles. The number of nitrogens with one attached hydrogen (secondary N) is 1. The van der Waals surface area contributed by atoms with Crippen molar-refractivity contribution in [3.05, 3.63) is 52.0 Å². The lowest BCUT2D eigenvalue weighted by molar-refractivity contribution is 0.102. The molecule has 0 atom stereocenters. The standard InChI is InChI=1S/C15H15BrN2O2/c1-9-7-11(17)4-5-13(9)18-15(19)10-3-6-14(20-2)12(16)8-10/h3-8H,17H2,1-2H3,(H,18,19). The van der Waals surface area contributed by atoms with Gasteiger partial charge < -0.3 is 15.8 Å². The summed E-state index contributed by atoms with van der Waals surface area (Å²) in [6.07, 6.45) is 0. The molecule has 0 saturated carbocycles. The number of rotatable bonds is 3. The second-order valence-electron chi connectivity index (χ2n) is 4.38. The van der Waals surface area contributed by atoms with Crippen LogP contribution in [0.1, 0.15) is 15.9 Å². The summed E-state index contributed by atoms with van der Waals surface area (Å²) in [6.45, 7) is 1.90. The van der Waals surface area contributed by atoms with E-state index in [0.29, 0.717) is 17.0 Å². The lowest BCUT2D eigenvalue weighted by Gasteiger charge is -2.10. The monoisotopic (exact) mass is 334 g/mol. The average Bonchev–Trinajstić information content (AvgIpc) is 2.41. The number of amides is 1. The zero-order valence-electron chi connectivity index (χ0n) is 11.2. The molecule has 0 fully saturated rings. The van der Waals surface area contributed by atoms with E-state index in [1.165, 1.54) is 0 Å². The summed E-state index contributed by atoms with van der Waals surface area (Å²) in [5.74, 6) is 0.506. The zero-order chi connectivity index (χ0) is 14.7. The van der Waals surface area contributed by atoms with Crippen LogP contribution in [0.3, 0.4) is 0 Å². The van der Waals surface area contributed by atoms with Gasteiger partial charge in [0, 0.05) is 16.9 Å². The third-order valence-corrected chi connectivity index (χ3v) is 3.53. The fourth-order valence-corrected chi connectivity index (χ4v) is 2.37. The van der Waals surface area contributed by atoms with Crippen molar-refractivity contribution in [2.75, 3.05) is 18.2 Å². The van der Waals surface area contributed by atoms with Gasteiger partial charge in [-0.25, -0.2) is 0 Å². The molecule has 0 radical (unpaired) electrons. The Kier molecular flexibility index (Phi) is 4.29. The molecule has 0 heterocycles.